The van der Waals surface area contributed by atoms with Crippen LogP contribution in [0.3, 0.4) is 0 Å². The second-order valence-electron chi connectivity index (χ2n) is 4.47. The highest BCUT2D eigenvalue weighted by Crippen LogP contribution is 2.17. The van der Waals surface area contributed by atoms with Crippen LogP contribution in [0.25, 0.3) is 0 Å². The number of rotatable bonds is 4. The van der Waals surface area contributed by atoms with Crippen molar-refractivity contribution >= 4 is 11.8 Å². The third kappa shape index (κ3) is 2.93. The number of hydrogen-bond donors (Lipinski definition) is 3. The summed E-state index contributed by atoms with van der Waals surface area (Å²) < 4.78 is 0. The predicted octanol–water partition coefficient (Wildman–Crippen LogP) is -1.03. The largest absolute Gasteiger partial charge is 0.353 e. The highest BCUT2D eigenvalue weighted by molar-refractivity contribution is 5.86. The standard InChI is InChI=1S/C10H20N4O2/c1-10(2)9(16)12-5-7-14(10)6-3-4-8(15)13-11/h3-7,11H2,1-2H3,(H,12,16)(H,13,15). The zero-order valence-electron chi connectivity index (χ0n) is 9.88. The van der Waals surface area contributed by atoms with Crippen LogP contribution in [0.2, 0.25) is 0 Å². The van der Waals surface area contributed by atoms with Gasteiger partial charge in [0, 0.05) is 19.5 Å². The summed E-state index contributed by atoms with van der Waals surface area (Å²) in [6.07, 6.45) is 1.10. The van der Waals surface area contributed by atoms with Crippen LogP contribution in [0, 0.1) is 0 Å². The first-order valence-electron chi connectivity index (χ1n) is 5.51. The van der Waals surface area contributed by atoms with Crippen molar-refractivity contribution in [2.24, 2.45) is 5.84 Å². The minimum Gasteiger partial charge on any atom is -0.353 e. The van der Waals surface area contributed by atoms with Crippen LogP contribution in [0.5, 0.6) is 0 Å². The van der Waals surface area contributed by atoms with Crippen molar-refractivity contribution in [1.82, 2.24) is 15.6 Å². The van der Waals surface area contributed by atoms with Crippen LogP contribution in [0.15, 0.2) is 0 Å². The zero-order chi connectivity index (χ0) is 12.2. The Morgan fingerprint density at radius 2 is 2.31 bits per heavy atom. The maximum Gasteiger partial charge on any atom is 0.239 e. The van der Waals surface area contributed by atoms with Crippen LogP contribution in [0.1, 0.15) is 26.7 Å². The van der Waals surface area contributed by atoms with Gasteiger partial charge in [0.25, 0.3) is 0 Å². The molecule has 1 fully saturated rings. The quantitative estimate of drug-likeness (QED) is 0.326. The molecule has 4 N–H and O–H groups in total. The summed E-state index contributed by atoms with van der Waals surface area (Å²) in [6, 6.07) is 0. The molecule has 0 aromatic carbocycles. The van der Waals surface area contributed by atoms with Crippen LogP contribution in [-0.4, -0.2) is 41.9 Å². The summed E-state index contributed by atoms with van der Waals surface area (Å²) >= 11 is 0. The van der Waals surface area contributed by atoms with Crippen molar-refractivity contribution in [1.29, 1.82) is 0 Å². The van der Waals surface area contributed by atoms with E-state index in [-0.39, 0.29) is 11.8 Å². The number of nitrogens with one attached hydrogen (secondary N) is 2. The Kier molecular flexibility index (Phi) is 4.26. The molecule has 0 aromatic heterocycles. The molecule has 6 heteroatoms. The highest BCUT2D eigenvalue weighted by atomic mass is 16.2. The lowest BCUT2D eigenvalue weighted by molar-refractivity contribution is -0.135. The number of nitrogens with zero attached hydrogens (tertiary/aromatic N) is 1. The number of hydrogen-bond acceptors (Lipinski definition) is 4. The van der Waals surface area contributed by atoms with Gasteiger partial charge >= 0.3 is 0 Å². The lowest BCUT2D eigenvalue weighted by Gasteiger charge is -2.41. The normalized spacial score (nSPS) is 20.3. The lowest BCUT2D eigenvalue weighted by Crippen LogP contribution is -2.61. The number of nitrogens with two attached hydrogens (primary N) is 1. The predicted molar refractivity (Wildman–Crippen MR) is 60.2 cm³/mol. The van der Waals surface area contributed by atoms with Gasteiger partial charge in [-0.25, -0.2) is 5.84 Å². The van der Waals surface area contributed by atoms with E-state index < -0.39 is 5.54 Å². The summed E-state index contributed by atoms with van der Waals surface area (Å²) in [5.41, 5.74) is 1.61. The molecule has 1 saturated heterocycles. The molecule has 0 radical (unpaired) electrons. The van der Waals surface area contributed by atoms with Gasteiger partial charge in [0.05, 0.1) is 5.54 Å². The number of carbonyl (C=O) groups excluding carboxylic acids is 2. The van der Waals surface area contributed by atoms with Gasteiger partial charge in [-0.3, -0.25) is 19.9 Å². The minimum absolute atomic E-state index is 0.0435. The topological polar surface area (TPSA) is 87.5 Å². The molecule has 0 saturated carbocycles. The van der Waals surface area contributed by atoms with Crippen molar-refractivity contribution in [2.45, 2.75) is 32.2 Å². The van der Waals surface area contributed by atoms with Gasteiger partial charge < -0.3 is 5.32 Å². The molecule has 2 amide bonds. The van der Waals surface area contributed by atoms with Gasteiger partial charge in [-0.15, -0.1) is 0 Å². The molecule has 1 aliphatic rings. The van der Waals surface area contributed by atoms with Crippen molar-refractivity contribution in [3.05, 3.63) is 0 Å². The van der Waals surface area contributed by atoms with Crippen LogP contribution in [0.4, 0.5) is 0 Å². The van der Waals surface area contributed by atoms with Crippen molar-refractivity contribution in [2.75, 3.05) is 19.6 Å². The fourth-order valence-corrected chi connectivity index (χ4v) is 1.84. The van der Waals surface area contributed by atoms with E-state index in [2.05, 4.69) is 15.6 Å². The Balaban J connectivity index is 2.41. The fraction of sp³-hybridized carbons (Fsp3) is 0.800. The molecule has 1 heterocycles. The van der Waals surface area contributed by atoms with E-state index in [1.54, 1.807) is 0 Å². The van der Waals surface area contributed by atoms with Gasteiger partial charge in [0.2, 0.25) is 11.8 Å². The molecule has 0 spiro atoms. The van der Waals surface area contributed by atoms with E-state index in [1.807, 2.05) is 13.8 Å². The Hall–Kier alpha value is -1.14. The van der Waals surface area contributed by atoms with E-state index in [0.717, 1.165) is 13.1 Å². The van der Waals surface area contributed by atoms with Gasteiger partial charge in [-0.05, 0) is 26.8 Å². The van der Waals surface area contributed by atoms with Crippen molar-refractivity contribution in [3.8, 4) is 0 Å². The first-order valence-corrected chi connectivity index (χ1v) is 5.51. The van der Waals surface area contributed by atoms with E-state index in [1.165, 1.54) is 0 Å². The van der Waals surface area contributed by atoms with E-state index in [4.69, 9.17) is 5.84 Å². The zero-order valence-corrected chi connectivity index (χ0v) is 9.88. The molecule has 0 aliphatic carbocycles. The van der Waals surface area contributed by atoms with Gasteiger partial charge in [0.15, 0.2) is 0 Å². The summed E-state index contributed by atoms with van der Waals surface area (Å²) in [4.78, 5) is 24.7. The maximum atomic E-state index is 11.6. The summed E-state index contributed by atoms with van der Waals surface area (Å²) in [5, 5.41) is 2.83. The van der Waals surface area contributed by atoms with Crippen LogP contribution < -0.4 is 16.6 Å². The Morgan fingerprint density at radius 1 is 1.62 bits per heavy atom. The third-order valence-corrected chi connectivity index (χ3v) is 3.01. The molecule has 0 unspecified atom stereocenters. The van der Waals surface area contributed by atoms with Gasteiger partial charge in [-0.2, -0.15) is 0 Å². The molecule has 1 rings (SSSR count). The Labute approximate surface area is 95.5 Å². The molecule has 6 nitrogen and oxygen atoms in total. The Bertz CT molecular complexity index is 278. The van der Waals surface area contributed by atoms with E-state index >= 15 is 0 Å². The number of hydrazine groups is 1. The van der Waals surface area contributed by atoms with Crippen molar-refractivity contribution in [3.63, 3.8) is 0 Å². The molecular weight excluding hydrogens is 208 g/mol. The molecule has 0 atom stereocenters. The fourth-order valence-electron chi connectivity index (χ4n) is 1.84. The molecule has 0 aromatic rings. The minimum atomic E-state index is -0.489. The van der Waals surface area contributed by atoms with Crippen LogP contribution >= 0.6 is 0 Å². The number of amides is 2. The number of piperazine rings is 1. The van der Waals surface area contributed by atoms with Crippen LogP contribution in [-0.2, 0) is 9.59 Å². The monoisotopic (exact) mass is 228 g/mol. The summed E-state index contributed by atoms with van der Waals surface area (Å²) in [5.74, 6) is 4.87. The van der Waals surface area contributed by atoms with Crippen molar-refractivity contribution < 1.29 is 9.59 Å². The van der Waals surface area contributed by atoms with E-state index in [9.17, 15) is 9.59 Å². The molecule has 92 valence electrons. The summed E-state index contributed by atoms with van der Waals surface area (Å²) in [6.45, 7) is 6.01. The smallest absolute Gasteiger partial charge is 0.239 e. The first kappa shape index (κ1) is 12.9. The molecular formula is C10H20N4O2. The van der Waals surface area contributed by atoms with E-state index in [0.29, 0.717) is 19.4 Å². The van der Waals surface area contributed by atoms with Gasteiger partial charge in [0.1, 0.15) is 0 Å². The molecule has 1 aliphatic heterocycles. The second kappa shape index (κ2) is 5.27. The van der Waals surface area contributed by atoms with Gasteiger partial charge in [-0.1, -0.05) is 0 Å². The number of carbonyl (C=O) groups is 2. The summed E-state index contributed by atoms with van der Waals surface area (Å²) in [7, 11) is 0. The maximum absolute atomic E-state index is 11.6. The molecule has 0 bridgehead atoms. The first-order chi connectivity index (χ1) is 7.48. The average molecular weight is 228 g/mol. The Morgan fingerprint density at radius 3 is 2.94 bits per heavy atom. The average Bonchev–Trinajstić information content (AvgIpc) is 2.24. The SMILES string of the molecule is CC1(C)C(=O)NCCN1CCCC(=O)NN. The lowest BCUT2D eigenvalue weighted by atomic mass is 9.98. The highest BCUT2D eigenvalue weighted by Gasteiger charge is 2.36. The second-order valence-corrected chi connectivity index (χ2v) is 4.47. The third-order valence-electron chi connectivity index (χ3n) is 3.01. The molecule has 16 heavy (non-hydrogen) atoms.